The van der Waals surface area contributed by atoms with E-state index >= 15 is 0 Å². The summed E-state index contributed by atoms with van der Waals surface area (Å²) in [7, 11) is 0. The molecule has 6 rings (SSSR count). The van der Waals surface area contributed by atoms with Crippen LogP contribution in [-0.2, 0) is 4.74 Å². The predicted molar refractivity (Wildman–Crippen MR) is 143 cm³/mol. The lowest BCUT2D eigenvalue weighted by Gasteiger charge is -2.35. The molecule has 2 fully saturated rings. The van der Waals surface area contributed by atoms with Crippen LogP contribution in [0.5, 0.6) is 0 Å². The fraction of sp³-hybridized carbons (Fsp3) is 0.308. The van der Waals surface area contributed by atoms with E-state index in [0.29, 0.717) is 75.1 Å². The topological polar surface area (TPSA) is 170 Å². The van der Waals surface area contributed by atoms with Crippen molar-refractivity contribution >= 4 is 40.5 Å². The lowest BCUT2D eigenvalue weighted by atomic mass is 10.1. The number of hydrogen-bond acceptors (Lipinski definition) is 11. The van der Waals surface area contributed by atoms with Crippen molar-refractivity contribution < 1.29 is 18.7 Å². The molecule has 2 saturated heterocycles. The summed E-state index contributed by atoms with van der Waals surface area (Å²) in [5.41, 5.74) is 13.1. The molecule has 5 heterocycles. The van der Waals surface area contributed by atoms with E-state index in [9.17, 15) is 9.59 Å². The number of carbonyl (C=O) groups is 2. The number of furan rings is 1. The molecule has 0 saturated carbocycles. The van der Waals surface area contributed by atoms with Gasteiger partial charge in [-0.25, -0.2) is 15.0 Å². The van der Waals surface area contributed by atoms with E-state index in [2.05, 4.69) is 19.8 Å². The van der Waals surface area contributed by atoms with Crippen molar-refractivity contribution in [3.05, 3.63) is 54.0 Å². The molecule has 0 spiro atoms. The number of anilines is 3. The molecule has 0 unspecified atom stereocenters. The Bertz CT molecular complexity index is 1520. The lowest BCUT2D eigenvalue weighted by Crippen LogP contribution is -2.49. The van der Waals surface area contributed by atoms with Gasteiger partial charge in [0.2, 0.25) is 11.9 Å². The monoisotopic (exact) mass is 529 g/mol. The van der Waals surface area contributed by atoms with Gasteiger partial charge in [-0.05, 0) is 12.1 Å². The van der Waals surface area contributed by atoms with Crippen LogP contribution in [0.2, 0.25) is 0 Å². The van der Waals surface area contributed by atoms with Crippen LogP contribution in [0.15, 0.2) is 47.1 Å². The van der Waals surface area contributed by atoms with Gasteiger partial charge in [0.05, 0.1) is 24.5 Å². The quantitative estimate of drug-likeness (QED) is 0.380. The molecule has 0 atom stereocenters. The Labute approximate surface area is 223 Å². The van der Waals surface area contributed by atoms with E-state index in [1.54, 1.807) is 41.6 Å². The number of primary amides is 1. The van der Waals surface area contributed by atoms with E-state index < -0.39 is 5.91 Å². The number of morpholine rings is 1. The molecule has 0 bridgehead atoms. The summed E-state index contributed by atoms with van der Waals surface area (Å²) < 4.78 is 11.3. The van der Waals surface area contributed by atoms with Gasteiger partial charge in [-0.15, -0.1) is 0 Å². The van der Waals surface area contributed by atoms with Gasteiger partial charge in [0.15, 0.2) is 5.76 Å². The number of carbonyl (C=O) groups excluding carboxylic acids is 2. The molecule has 4 aromatic rings. The molecule has 2 aliphatic rings. The number of piperazine rings is 1. The van der Waals surface area contributed by atoms with E-state index in [-0.39, 0.29) is 23.2 Å². The largest absolute Gasteiger partial charge is 0.450 e. The number of fused-ring (bicyclic) bond motifs is 1. The zero-order chi connectivity index (χ0) is 26.9. The van der Waals surface area contributed by atoms with Crippen LogP contribution in [0.3, 0.4) is 0 Å². The van der Waals surface area contributed by atoms with Crippen molar-refractivity contribution in [2.45, 2.75) is 0 Å². The second kappa shape index (κ2) is 10.2. The average Bonchev–Trinajstić information content (AvgIpc) is 3.42. The Morgan fingerprint density at radius 2 is 1.64 bits per heavy atom. The third-order valence-electron chi connectivity index (χ3n) is 6.87. The van der Waals surface area contributed by atoms with Crippen LogP contribution in [0.1, 0.15) is 20.9 Å². The van der Waals surface area contributed by atoms with Gasteiger partial charge in [0, 0.05) is 68.7 Å². The summed E-state index contributed by atoms with van der Waals surface area (Å²) in [5, 5.41) is 0.657. The van der Waals surface area contributed by atoms with Crippen molar-refractivity contribution in [2.24, 2.45) is 5.73 Å². The first-order valence-corrected chi connectivity index (χ1v) is 12.6. The van der Waals surface area contributed by atoms with E-state index in [1.807, 2.05) is 6.07 Å². The molecule has 13 heteroatoms. The standard InChI is InChI=1S/C26H27N9O4/c27-23(36)18-3-1-2-16-12-20(39-22(16)18)24(37)34-6-4-33(5-7-34)21-13-19(17-14-29-25(28)30-15-17)31-26(32-21)35-8-10-38-11-9-35/h1-3,12-15H,4-11H2,(H2,27,36)(H2,28,29,30). The first kappa shape index (κ1) is 24.6. The molecule has 2 amide bonds. The minimum atomic E-state index is -0.603. The van der Waals surface area contributed by atoms with E-state index in [1.165, 1.54) is 0 Å². The molecule has 3 aromatic heterocycles. The predicted octanol–water partition coefficient (Wildman–Crippen LogP) is 1.16. The fourth-order valence-electron chi connectivity index (χ4n) is 4.76. The molecular formula is C26H27N9O4. The Balaban J connectivity index is 1.22. The normalized spacial score (nSPS) is 16.1. The van der Waals surface area contributed by atoms with Gasteiger partial charge < -0.3 is 35.3 Å². The summed E-state index contributed by atoms with van der Waals surface area (Å²) in [6, 6.07) is 8.63. The highest BCUT2D eigenvalue weighted by molar-refractivity contribution is 6.06. The molecule has 0 aliphatic carbocycles. The summed E-state index contributed by atoms with van der Waals surface area (Å²) in [6.45, 7) is 4.67. The summed E-state index contributed by atoms with van der Waals surface area (Å²) >= 11 is 0. The van der Waals surface area contributed by atoms with Gasteiger partial charge in [0.25, 0.3) is 11.8 Å². The van der Waals surface area contributed by atoms with Crippen molar-refractivity contribution in [3.63, 3.8) is 0 Å². The van der Waals surface area contributed by atoms with Crippen LogP contribution in [0.4, 0.5) is 17.7 Å². The number of ether oxygens (including phenoxy) is 1. The molecule has 2 aliphatic heterocycles. The number of para-hydroxylation sites is 1. The highest BCUT2D eigenvalue weighted by Crippen LogP contribution is 2.27. The number of aromatic nitrogens is 4. The number of nitrogens with zero attached hydrogens (tertiary/aromatic N) is 7. The van der Waals surface area contributed by atoms with Crippen molar-refractivity contribution in [2.75, 3.05) is 68.0 Å². The Morgan fingerprint density at radius 1 is 0.897 bits per heavy atom. The fourth-order valence-corrected chi connectivity index (χ4v) is 4.76. The number of benzene rings is 1. The maximum absolute atomic E-state index is 13.3. The van der Waals surface area contributed by atoms with Crippen LogP contribution in [0.25, 0.3) is 22.2 Å². The van der Waals surface area contributed by atoms with Crippen LogP contribution < -0.4 is 21.3 Å². The number of nitrogen functional groups attached to an aromatic ring is 1. The molecular weight excluding hydrogens is 502 g/mol. The lowest BCUT2D eigenvalue weighted by molar-refractivity contribution is 0.0716. The van der Waals surface area contributed by atoms with Gasteiger partial charge >= 0.3 is 0 Å². The van der Waals surface area contributed by atoms with Crippen LogP contribution in [-0.4, -0.2) is 89.1 Å². The maximum Gasteiger partial charge on any atom is 0.289 e. The van der Waals surface area contributed by atoms with E-state index in [4.69, 9.17) is 30.6 Å². The smallest absolute Gasteiger partial charge is 0.289 e. The van der Waals surface area contributed by atoms with Gasteiger partial charge in [0.1, 0.15) is 11.4 Å². The maximum atomic E-state index is 13.3. The third-order valence-corrected chi connectivity index (χ3v) is 6.87. The Morgan fingerprint density at radius 3 is 2.36 bits per heavy atom. The Hall–Kier alpha value is -4.78. The Kier molecular flexibility index (Phi) is 6.40. The summed E-state index contributed by atoms with van der Waals surface area (Å²) in [6.07, 6.45) is 3.29. The number of nitrogens with two attached hydrogens (primary N) is 2. The average molecular weight is 530 g/mol. The van der Waals surface area contributed by atoms with E-state index in [0.717, 1.165) is 11.4 Å². The molecule has 0 radical (unpaired) electrons. The zero-order valence-corrected chi connectivity index (χ0v) is 21.1. The highest BCUT2D eigenvalue weighted by Gasteiger charge is 2.27. The minimum absolute atomic E-state index is 0.175. The van der Waals surface area contributed by atoms with Crippen molar-refractivity contribution in [1.29, 1.82) is 0 Å². The first-order valence-electron chi connectivity index (χ1n) is 12.6. The number of hydrogen-bond donors (Lipinski definition) is 2. The first-order chi connectivity index (χ1) is 19.0. The second-order valence-corrected chi connectivity index (χ2v) is 9.32. The molecule has 39 heavy (non-hydrogen) atoms. The SMILES string of the molecule is NC(=O)c1cccc2cc(C(=O)N3CCN(c4cc(-c5cnc(N)nc5)nc(N5CCOCC5)n4)CC3)oc12. The van der Waals surface area contributed by atoms with Crippen LogP contribution in [0, 0.1) is 0 Å². The summed E-state index contributed by atoms with van der Waals surface area (Å²) in [5.74, 6) is 0.882. The molecule has 200 valence electrons. The second-order valence-electron chi connectivity index (χ2n) is 9.32. The summed E-state index contributed by atoms with van der Waals surface area (Å²) in [4.78, 5) is 48.8. The van der Waals surface area contributed by atoms with Crippen molar-refractivity contribution in [1.82, 2.24) is 24.8 Å². The molecule has 13 nitrogen and oxygen atoms in total. The third kappa shape index (κ3) is 4.91. The van der Waals surface area contributed by atoms with Gasteiger partial charge in [-0.1, -0.05) is 12.1 Å². The molecule has 1 aromatic carbocycles. The molecule has 4 N–H and O–H groups in total. The van der Waals surface area contributed by atoms with Gasteiger partial charge in [-0.2, -0.15) is 4.98 Å². The number of amides is 2. The van der Waals surface area contributed by atoms with Crippen LogP contribution >= 0.6 is 0 Å². The minimum Gasteiger partial charge on any atom is -0.450 e. The van der Waals surface area contributed by atoms with Gasteiger partial charge in [-0.3, -0.25) is 9.59 Å². The van der Waals surface area contributed by atoms with Crippen molar-refractivity contribution in [3.8, 4) is 11.3 Å². The zero-order valence-electron chi connectivity index (χ0n) is 21.1. The number of rotatable bonds is 5. The highest BCUT2D eigenvalue weighted by atomic mass is 16.5.